The van der Waals surface area contributed by atoms with Gasteiger partial charge in [-0.05, 0) is 0 Å². The van der Waals surface area contributed by atoms with E-state index in [0.29, 0.717) is 0 Å². The summed E-state index contributed by atoms with van der Waals surface area (Å²) in [5, 5.41) is 20.0. The average molecular weight is 616 g/mol. The van der Waals surface area contributed by atoms with E-state index in [4.69, 9.17) is 30.0 Å². The van der Waals surface area contributed by atoms with Gasteiger partial charge in [0, 0.05) is 0 Å². The van der Waals surface area contributed by atoms with Gasteiger partial charge in [0.05, 0.1) is 25.9 Å². The van der Waals surface area contributed by atoms with Crippen molar-refractivity contribution in [1.29, 1.82) is 0 Å². The summed E-state index contributed by atoms with van der Waals surface area (Å²) in [6, 6.07) is 0. The Labute approximate surface area is 231 Å². The van der Waals surface area contributed by atoms with Crippen LogP contribution in [0.3, 0.4) is 0 Å². The lowest BCUT2D eigenvalue weighted by atomic mass is 10.1. The van der Waals surface area contributed by atoms with Crippen molar-refractivity contribution in [3.05, 3.63) is 29.3 Å². The number of alkyl halides is 2. The van der Waals surface area contributed by atoms with Crippen LogP contribution in [0.5, 0.6) is 0 Å². The summed E-state index contributed by atoms with van der Waals surface area (Å²) in [7, 11) is -5.19. The lowest BCUT2D eigenvalue weighted by Crippen LogP contribution is -2.33. The molecule has 0 spiro atoms. The van der Waals surface area contributed by atoms with Crippen LogP contribution in [0.25, 0.3) is 22.3 Å². The van der Waals surface area contributed by atoms with Gasteiger partial charge in [0.1, 0.15) is 36.3 Å². The van der Waals surface area contributed by atoms with Crippen LogP contribution in [0.2, 0.25) is 0 Å². The van der Waals surface area contributed by atoms with Gasteiger partial charge in [0.15, 0.2) is 47.4 Å². The van der Waals surface area contributed by atoms with Gasteiger partial charge in [-0.3, -0.25) is 28.0 Å². The van der Waals surface area contributed by atoms with E-state index < -0.39 is 75.8 Å². The largest absolute Gasteiger partial charge is 0.472 e. The second-order valence-corrected chi connectivity index (χ2v) is 10.8. The molecule has 19 nitrogen and oxygen atoms in total. The van der Waals surface area contributed by atoms with E-state index in [1.807, 2.05) is 0 Å². The van der Waals surface area contributed by atoms with Crippen LogP contribution in [-0.4, -0.2) is 104 Å². The molecule has 0 saturated carbocycles. The SMILES string of the molecule is Nc1nc2c(ncn2[C@@H]2O[C@H](CO)[C@@H](F)[C@H]2OP(=O)(O)OC[C@H]2O[C@@H](n3cnc4c(N)ncnc43)[C@H](O)[C@@H]2F)c(=O)[nH]1. The molecule has 0 aromatic carbocycles. The first-order chi connectivity index (χ1) is 20.0. The number of aromatic amines is 1. The van der Waals surface area contributed by atoms with E-state index in [0.717, 1.165) is 17.2 Å². The Hall–Kier alpha value is -3.69. The number of nitrogens with two attached hydrogens (primary N) is 2. The third-order valence-corrected chi connectivity index (χ3v) is 7.76. The summed E-state index contributed by atoms with van der Waals surface area (Å²) in [6.07, 6.45) is -10.6. The number of halogens is 2. The van der Waals surface area contributed by atoms with Crippen molar-refractivity contribution in [3.63, 3.8) is 0 Å². The van der Waals surface area contributed by atoms with Crippen molar-refractivity contribution in [3.8, 4) is 0 Å². The van der Waals surface area contributed by atoms with Gasteiger partial charge in [-0.1, -0.05) is 0 Å². The molecule has 226 valence electrons. The van der Waals surface area contributed by atoms with Crippen LogP contribution in [0.4, 0.5) is 20.5 Å². The number of rotatable bonds is 8. The van der Waals surface area contributed by atoms with Gasteiger partial charge in [-0.25, -0.2) is 33.3 Å². The first-order valence-electron chi connectivity index (χ1n) is 12.2. The number of ether oxygens (including phenoxy) is 2. The Bertz CT molecular complexity index is 1740. The molecule has 2 aliphatic heterocycles. The Morgan fingerprint density at radius 3 is 2.45 bits per heavy atom. The number of nitrogens with zero attached hydrogens (tertiary/aromatic N) is 7. The first-order valence-corrected chi connectivity index (χ1v) is 13.7. The van der Waals surface area contributed by atoms with Crippen molar-refractivity contribution in [2.45, 2.75) is 49.2 Å². The number of phosphoric acid groups is 1. The smallest absolute Gasteiger partial charge is 0.394 e. The van der Waals surface area contributed by atoms with Gasteiger partial charge in [0.2, 0.25) is 5.95 Å². The van der Waals surface area contributed by atoms with Crippen LogP contribution >= 0.6 is 7.82 Å². The predicted molar refractivity (Wildman–Crippen MR) is 134 cm³/mol. The van der Waals surface area contributed by atoms with E-state index in [-0.39, 0.29) is 34.1 Å². The zero-order valence-corrected chi connectivity index (χ0v) is 21.9. The monoisotopic (exact) mass is 616 g/mol. The maximum atomic E-state index is 15.2. The number of anilines is 2. The average Bonchev–Trinajstić information content (AvgIpc) is 3.69. The summed E-state index contributed by atoms with van der Waals surface area (Å²) in [5.41, 5.74) is 10.6. The normalized spacial score (nSPS) is 31.3. The topological polar surface area (TPSA) is 274 Å². The maximum Gasteiger partial charge on any atom is 0.472 e. The number of hydrogen-bond acceptors (Lipinski definition) is 15. The molecular weight excluding hydrogens is 593 g/mol. The first kappa shape index (κ1) is 28.4. The van der Waals surface area contributed by atoms with Gasteiger partial charge >= 0.3 is 7.82 Å². The van der Waals surface area contributed by atoms with Crippen molar-refractivity contribution in [2.75, 3.05) is 24.7 Å². The molecule has 4 aromatic rings. The second-order valence-electron chi connectivity index (χ2n) is 9.38. The molecule has 0 amide bonds. The van der Waals surface area contributed by atoms with E-state index in [2.05, 4.69) is 29.9 Å². The number of aromatic nitrogens is 8. The number of H-pyrrole nitrogens is 1. The highest BCUT2D eigenvalue weighted by atomic mass is 31.2. The number of phosphoric ester groups is 1. The highest BCUT2D eigenvalue weighted by molar-refractivity contribution is 7.47. The molecule has 9 atom stereocenters. The molecule has 6 rings (SSSR count). The molecule has 6 heterocycles. The molecule has 2 fully saturated rings. The van der Waals surface area contributed by atoms with Crippen molar-refractivity contribution >= 4 is 41.9 Å². The lowest BCUT2D eigenvalue weighted by Gasteiger charge is -2.24. The lowest BCUT2D eigenvalue weighted by molar-refractivity contribution is -0.0599. The maximum absolute atomic E-state index is 15.2. The van der Waals surface area contributed by atoms with Gasteiger partial charge in [-0.2, -0.15) is 4.98 Å². The fourth-order valence-corrected chi connectivity index (χ4v) is 5.71. The molecule has 2 saturated heterocycles. The quantitative estimate of drug-likeness (QED) is 0.122. The number of nitrogen functional groups attached to an aromatic ring is 2. The minimum absolute atomic E-state index is 0.0415. The second kappa shape index (κ2) is 10.5. The number of fused-ring (bicyclic) bond motifs is 2. The van der Waals surface area contributed by atoms with Crippen molar-refractivity contribution in [2.24, 2.45) is 0 Å². The Morgan fingerprint density at radius 2 is 1.71 bits per heavy atom. The molecule has 8 N–H and O–H groups in total. The zero-order chi connectivity index (χ0) is 29.9. The molecule has 42 heavy (non-hydrogen) atoms. The Balaban J connectivity index is 1.19. The van der Waals surface area contributed by atoms with Crippen molar-refractivity contribution < 1.29 is 47.0 Å². The van der Waals surface area contributed by atoms with E-state index in [1.165, 1.54) is 10.9 Å². The van der Waals surface area contributed by atoms with Crippen LogP contribution in [0, 0.1) is 0 Å². The van der Waals surface area contributed by atoms with Crippen LogP contribution in [0.15, 0.2) is 23.8 Å². The standard InChI is InChI=1S/C20H23F2N10O9P/c21-8-7(40-18(12(8)34)31-4-27-10-14(23)25-3-26-15(10)31)2-38-42(36,37)41-13-9(22)6(1-33)39-19(13)32-5-28-11-16(32)29-20(24)30-17(11)35/h3-9,12-13,18-19,33-34H,1-2H2,(H,36,37)(H2,23,25,26)(H3,24,29,30,35)/t6-,7-,8-,9-,12-,13-,18-,19-/m1/s1. The molecule has 0 bridgehead atoms. The van der Waals surface area contributed by atoms with E-state index in [1.54, 1.807) is 0 Å². The van der Waals surface area contributed by atoms with Crippen LogP contribution < -0.4 is 17.0 Å². The number of nitrogens with one attached hydrogen (secondary N) is 1. The molecule has 4 aromatic heterocycles. The fraction of sp³-hybridized carbons (Fsp3) is 0.500. The minimum Gasteiger partial charge on any atom is -0.394 e. The van der Waals surface area contributed by atoms with Gasteiger partial charge < -0.3 is 36.0 Å². The molecular formula is C20H23F2N10O9P. The molecule has 2 aliphatic rings. The van der Waals surface area contributed by atoms with Crippen LogP contribution in [-0.2, 0) is 23.1 Å². The summed E-state index contributed by atoms with van der Waals surface area (Å²) in [5.74, 6) is -0.256. The third kappa shape index (κ3) is 4.78. The van der Waals surface area contributed by atoms with Gasteiger partial charge in [-0.15, -0.1) is 0 Å². The van der Waals surface area contributed by atoms with Crippen LogP contribution in [0.1, 0.15) is 12.5 Å². The van der Waals surface area contributed by atoms with E-state index in [9.17, 15) is 28.9 Å². The fourth-order valence-electron chi connectivity index (χ4n) is 4.79. The third-order valence-electron chi connectivity index (χ3n) is 6.77. The molecule has 0 aliphatic carbocycles. The summed E-state index contributed by atoms with van der Waals surface area (Å²) < 4.78 is 66.3. The Morgan fingerprint density at radius 1 is 1.02 bits per heavy atom. The highest BCUT2D eigenvalue weighted by Crippen LogP contribution is 2.50. The number of hydrogen-bond donors (Lipinski definition) is 6. The minimum atomic E-state index is -5.19. The number of aliphatic hydroxyl groups excluding tert-OH is 2. The van der Waals surface area contributed by atoms with Gasteiger partial charge in [0.25, 0.3) is 5.56 Å². The summed E-state index contributed by atoms with van der Waals surface area (Å²) >= 11 is 0. The Kier molecular flexibility index (Phi) is 7.14. The highest BCUT2D eigenvalue weighted by Gasteiger charge is 2.51. The molecule has 22 heteroatoms. The number of aliphatic hydroxyl groups is 2. The van der Waals surface area contributed by atoms with Crippen molar-refractivity contribution in [1.82, 2.24) is 39.0 Å². The molecule has 1 unspecified atom stereocenters. The summed E-state index contributed by atoms with van der Waals surface area (Å²) in [6.45, 7) is -1.75. The van der Waals surface area contributed by atoms with E-state index >= 15 is 4.39 Å². The summed E-state index contributed by atoms with van der Waals surface area (Å²) in [4.78, 5) is 44.5. The predicted octanol–water partition coefficient (Wildman–Crippen LogP) is -1.55. The number of imidazole rings is 2. The zero-order valence-electron chi connectivity index (χ0n) is 21.0. The molecule has 0 radical (unpaired) electrons.